The van der Waals surface area contributed by atoms with E-state index in [1.807, 2.05) is 0 Å². The number of carbonyl (C=O) groups is 1. The Labute approximate surface area is 104 Å². The van der Waals surface area contributed by atoms with Gasteiger partial charge in [-0.3, -0.25) is 10.2 Å². The van der Waals surface area contributed by atoms with Gasteiger partial charge in [0.15, 0.2) is 0 Å². The van der Waals surface area contributed by atoms with Gasteiger partial charge in [0.05, 0.1) is 12.2 Å². The number of amides is 1. The topological polar surface area (TPSA) is 73.2 Å². The van der Waals surface area contributed by atoms with Crippen LogP contribution in [-0.2, 0) is 11.4 Å². The molecule has 0 fully saturated rings. The van der Waals surface area contributed by atoms with Crippen molar-refractivity contribution in [2.24, 2.45) is 0 Å². The average Bonchev–Trinajstić information content (AvgIpc) is 2.30. The molecule has 1 aromatic carbocycles. The zero-order valence-electron chi connectivity index (χ0n) is 9.33. The van der Waals surface area contributed by atoms with E-state index in [4.69, 9.17) is 22.1 Å². The van der Waals surface area contributed by atoms with Crippen molar-refractivity contribution >= 4 is 28.4 Å². The van der Waals surface area contributed by atoms with Crippen molar-refractivity contribution in [1.82, 2.24) is 0 Å². The van der Waals surface area contributed by atoms with Gasteiger partial charge in [0.1, 0.15) is 5.17 Å². The molecule has 1 amide bonds. The third-order valence-electron chi connectivity index (χ3n) is 2.16. The lowest BCUT2D eigenvalue weighted by Gasteiger charge is -2.07. The van der Waals surface area contributed by atoms with Gasteiger partial charge in [-0.05, 0) is 24.6 Å². The molecule has 0 unspecified atom stereocenters. The highest BCUT2D eigenvalue weighted by Gasteiger charge is 2.11. The zero-order valence-corrected chi connectivity index (χ0v) is 10.1. The largest absolute Gasteiger partial charge is 0.392 e. The standard InChI is InChI=1S/C12H13ClN2O2/c1-2-10(11(13)14)12(17)15-9-5-3-8(7-16)4-6-9/h2-6,14,16H,7H2,1H3,(H,15,17)/b10-2+,14-11?. The third kappa shape index (κ3) is 3.69. The number of hydrogen-bond donors (Lipinski definition) is 3. The second-order valence-electron chi connectivity index (χ2n) is 3.33. The van der Waals surface area contributed by atoms with Gasteiger partial charge in [-0.2, -0.15) is 0 Å². The summed E-state index contributed by atoms with van der Waals surface area (Å²) in [5.74, 6) is -0.427. The van der Waals surface area contributed by atoms with Crippen LogP contribution >= 0.6 is 11.6 Å². The molecule has 1 aromatic rings. The average molecular weight is 253 g/mol. The molecule has 0 spiro atoms. The van der Waals surface area contributed by atoms with Crippen molar-refractivity contribution < 1.29 is 9.90 Å². The molecule has 0 saturated heterocycles. The molecule has 0 aliphatic heterocycles. The maximum Gasteiger partial charge on any atom is 0.258 e. The summed E-state index contributed by atoms with van der Waals surface area (Å²) in [5.41, 5.74) is 1.47. The number of aliphatic hydroxyl groups excluding tert-OH is 1. The number of rotatable bonds is 4. The molecule has 1 rings (SSSR count). The summed E-state index contributed by atoms with van der Waals surface area (Å²) in [6.07, 6.45) is 1.48. The fourth-order valence-electron chi connectivity index (χ4n) is 1.25. The Morgan fingerprint density at radius 3 is 2.47 bits per heavy atom. The molecular formula is C12H13ClN2O2. The fourth-order valence-corrected chi connectivity index (χ4v) is 1.44. The first kappa shape index (κ1) is 13.4. The van der Waals surface area contributed by atoms with Crippen molar-refractivity contribution in [3.63, 3.8) is 0 Å². The van der Waals surface area contributed by atoms with E-state index in [0.717, 1.165) is 5.56 Å². The van der Waals surface area contributed by atoms with Gasteiger partial charge in [-0.15, -0.1) is 0 Å². The molecule has 0 aliphatic carbocycles. The fraction of sp³-hybridized carbons (Fsp3) is 0.167. The van der Waals surface area contributed by atoms with Crippen LogP contribution in [0, 0.1) is 5.41 Å². The molecule has 0 aromatic heterocycles. The van der Waals surface area contributed by atoms with E-state index in [9.17, 15) is 4.79 Å². The molecule has 0 saturated carbocycles. The zero-order chi connectivity index (χ0) is 12.8. The molecule has 5 heteroatoms. The SMILES string of the molecule is C/C=C(\C(=N)Cl)C(=O)Nc1ccc(CO)cc1. The molecule has 3 N–H and O–H groups in total. The highest BCUT2D eigenvalue weighted by molar-refractivity contribution is 6.71. The van der Waals surface area contributed by atoms with E-state index in [1.165, 1.54) is 6.08 Å². The lowest BCUT2D eigenvalue weighted by atomic mass is 10.2. The van der Waals surface area contributed by atoms with Crippen LogP contribution < -0.4 is 5.32 Å². The van der Waals surface area contributed by atoms with Crippen LogP contribution in [0.4, 0.5) is 5.69 Å². The van der Waals surface area contributed by atoms with Crippen LogP contribution in [0.2, 0.25) is 0 Å². The van der Waals surface area contributed by atoms with Gasteiger partial charge >= 0.3 is 0 Å². The minimum Gasteiger partial charge on any atom is -0.392 e. The van der Waals surface area contributed by atoms with Gasteiger partial charge < -0.3 is 10.4 Å². The first-order valence-electron chi connectivity index (χ1n) is 5.00. The normalized spacial score (nSPS) is 11.1. The monoisotopic (exact) mass is 252 g/mol. The van der Waals surface area contributed by atoms with Crippen LogP contribution in [0.3, 0.4) is 0 Å². The molecule has 0 atom stereocenters. The smallest absolute Gasteiger partial charge is 0.258 e. The highest BCUT2D eigenvalue weighted by atomic mass is 35.5. The number of aliphatic hydroxyl groups is 1. The Hall–Kier alpha value is -1.65. The predicted molar refractivity (Wildman–Crippen MR) is 68.3 cm³/mol. The Kier molecular flexibility index (Phi) is 4.87. The van der Waals surface area contributed by atoms with Crippen LogP contribution in [-0.4, -0.2) is 16.2 Å². The molecular weight excluding hydrogens is 240 g/mol. The number of halogens is 1. The summed E-state index contributed by atoms with van der Waals surface area (Å²) in [6.45, 7) is 1.60. The summed E-state index contributed by atoms with van der Waals surface area (Å²) < 4.78 is 0. The minimum absolute atomic E-state index is 0.0410. The molecule has 90 valence electrons. The van der Waals surface area contributed by atoms with E-state index in [0.29, 0.717) is 5.69 Å². The summed E-state index contributed by atoms with van der Waals surface area (Å²) >= 11 is 5.47. The maximum absolute atomic E-state index is 11.7. The second kappa shape index (κ2) is 6.18. The van der Waals surface area contributed by atoms with Crippen LogP contribution in [0.15, 0.2) is 35.9 Å². The quantitative estimate of drug-likeness (QED) is 0.568. The Morgan fingerprint density at radius 1 is 1.47 bits per heavy atom. The molecule has 0 bridgehead atoms. The van der Waals surface area contributed by atoms with Crippen LogP contribution in [0.25, 0.3) is 0 Å². The van der Waals surface area contributed by atoms with Crippen molar-refractivity contribution in [1.29, 1.82) is 5.41 Å². The minimum atomic E-state index is -0.427. The third-order valence-corrected chi connectivity index (χ3v) is 2.37. The summed E-state index contributed by atoms with van der Waals surface area (Å²) in [5, 5.41) is 18.4. The summed E-state index contributed by atoms with van der Waals surface area (Å²) in [6, 6.07) is 6.76. The highest BCUT2D eigenvalue weighted by Crippen LogP contribution is 2.12. The lowest BCUT2D eigenvalue weighted by molar-refractivity contribution is -0.112. The van der Waals surface area contributed by atoms with Crippen LogP contribution in [0.1, 0.15) is 12.5 Å². The van der Waals surface area contributed by atoms with Gasteiger partial charge in [-0.25, -0.2) is 0 Å². The molecule has 4 nitrogen and oxygen atoms in total. The molecule has 0 heterocycles. The van der Waals surface area contributed by atoms with Gasteiger partial charge in [0.2, 0.25) is 0 Å². The van der Waals surface area contributed by atoms with Gasteiger partial charge in [-0.1, -0.05) is 29.8 Å². The van der Waals surface area contributed by atoms with E-state index in [1.54, 1.807) is 31.2 Å². The van der Waals surface area contributed by atoms with Gasteiger partial charge in [0.25, 0.3) is 5.91 Å². The summed E-state index contributed by atoms with van der Waals surface area (Å²) in [4.78, 5) is 11.7. The van der Waals surface area contributed by atoms with Crippen molar-refractivity contribution in [3.05, 3.63) is 41.5 Å². The van der Waals surface area contributed by atoms with Crippen molar-refractivity contribution in [2.75, 3.05) is 5.32 Å². The van der Waals surface area contributed by atoms with E-state index in [2.05, 4.69) is 5.32 Å². The van der Waals surface area contributed by atoms with Crippen molar-refractivity contribution in [2.45, 2.75) is 13.5 Å². The second-order valence-corrected chi connectivity index (χ2v) is 3.70. The Morgan fingerprint density at radius 2 is 2.06 bits per heavy atom. The van der Waals surface area contributed by atoms with E-state index >= 15 is 0 Å². The summed E-state index contributed by atoms with van der Waals surface area (Å²) in [7, 11) is 0. The van der Waals surface area contributed by atoms with Crippen molar-refractivity contribution in [3.8, 4) is 0 Å². The number of allylic oxidation sites excluding steroid dienone is 1. The number of carbonyl (C=O) groups excluding carboxylic acids is 1. The maximum atomic E-state index is 11.7. The first-order valence-corrected chi connectivity index (χ1v) is 5.38. The Balaban J connectivity index is 2.77. The lowest BCUT2D eigenvalue weighted by Crippen LogP contribution is -2.17. The molecule has 0 aliphatic rings. The number of hydrogen-bond acceptors (Lipinski definition) is 3. The number of nitrogens with one attached hydrogen (secondary N) is 2. The van der Waals surface area contributed by atoms with Gasteiger partial charge in [0, 0.05) is 5.69 Å². The molecule has 0 radical (unpaired) electrons. The number of anilines is 1. The predicted octanol–water partition coefficient (Wildman–Crippen LogP) is 2.28. The molecule has 17 heavy (non-hydrogen) atoms. The van der Waals surface area contributed by atoms with E-state index < -0.39 is 5.91 Å². The number of benzene rings is 1. The van der Waals surface area contributed by atoms with E-state index in [-0.39, 0.29) is 17.4 Å². The first-order chi connectivity index (χ1) is 8.08. The Bertz CT molecular complexity index is 452. The van der Waals surface area contributed by atoms with Crippen LogP contribution in [0.5, 0.6) is 0 Å².